The number of nitriles is 1. The van der Waals surface area contributed by atoms with Crippen LogP contribution in [0.3, 0.4) is 0 Å². The summed E-state index contributed by atoms with van der Waals surface area (Å²) in [6.45, 7) is 0. The van der Waals surface area contributed by atoms with Crippen LogP contribution in [0.2, 0.25) is 0 Å². The molecule has 4 heteroatoms. The molecule has 0 aliphatic heterocycles. The zero-order chi connectivity index (χ0) is 17.8. The Morgan fingerprint density at radius 1 is 1.00 bits per heavy atom. The molecule has 3 rings (SSSR count). The van der Waals surface area contributed by atoms with Gasteiger partial charge in [-0.05, 0) is 22.4 Å². The Balaban J connectivity index is 2.31. The van der Waals surface area contributed by atoms with E-state index in [4.69, 9.17) is 4.74 Å². The van der Waals surface area contributed by atoms with Crippen molar-refractivity contribution in [2.75, 3.05) is 7.11 Å². The third-order valence-electron chi connectivity index (χ3n) is 4.37. The first kappa shape index (κ1) is 16.5. The highest BCUT2D eigenvalue weighted by atomic mass is 16.5. The number of carbonyl (C=O) groups is 1. The fourth-order valence-electron chi connectivity index (χ4n) is 3.24. The van der Waals surface area contributed by atoms with E-state index in [9.17, 15) is 15.2 Å². The molecular weight excluding hydrogens is 314 g/mol. The summed E-state index contributed by atoms with van der Waals surface area (Å²) in [5.74, 6) is -2.43. The molecule has 3 aromatic carbocycles. The number of nitrogens with zero attached hydrogens (tertiary/aromatic N) is 1. The van der Waals surface area contributed by atoms with Gasteiger partial charge >= 0.3 is 5.97 Å². The maximum absolute atomic E-state index is 11.8. The lowest BCUT2D eigenvalue weighted by atomic mass is 9.79. The van der Waals surface area contributed by atoms with Crippen molar-refractivity contribution in [1.82, 2.24) is 0 Å². The number of carboxylic acid groups (broad SMARTS) is 1. The van der Waals surface area contributed by atoms with Gasteiger partial charge in [0.2, 0.25) is 0 Å². The highest BCUT2D eigenvalue weighted by Gasteiger charge is 2.33. The third kappa shape index (κ3) is 3.05. The molecule has 0 bridgehead atoms. The van der Waals surface area contributed by atoms with E-state index in [1.807, 2.05) is 66.7 Å². The van der Waals surface area contributed by atoms with Gasteiger partial charge < -0.3 is 9.84 Å². The number of para-hydroxylation sites is 1. The lowest BCUT2D eigenvalue weighted by Gasteiger charge is -2.23. The molecular formula is C21H17NO3. The quantitative estimate of drug-likeness (QED) is 0.760. The van der Waals surface area contributed by atoms with Crippen molar-refractivity contribution < 1.29 is 14.6 Å². The summed E-state index contributed by atoms with van der Waals surface area (Å²) in [4.78, 5) is 11.8. The second-order valence-corrected chi connectivity index (χ2v) is 5.73. The second kappa shape index (κ2) is 7.06. The smallest absolute Gasteiger partial charge is 0.321 e. The van der Waals surface area contributed by atoms with Gasteiger partial charge in [-0.25, -0.2) is 0 Å². The molecule has 124 valence electrons. The van der Waals surface area contributed by atoms with Crippen molar-refractivity contribution in [1.29, 1.82) is 5.26 Å². The molecule has 25 heavy (non-hydrogen) atoms. The molecule has 0 saturated heterocycles. The van der Waals surface area contributed by atoms with Crippen LogP contribution in [0.15, 0.2) is 66.7 Å². The number of aliphatic carboxylic acids is 1. The molecule has 1 N–H and O–H groups in total. The average molecular weight is 331 g/mol. The Labute approximate surface area is 145 Å². The molecule has 4 nitrogen and oxygen atoms in total. The molecule has 0 fully saturated rings. The second-order valence-electron chi connectivity index (χ2n) is 5.73. The van der Waals surface area contributed by atoms with Crippen LogP contribution in [-0.2, 0) is 4.79 Å². The Hall–Kier alpha value is -3.32. The van der Waals surface area contributed by atoms with Gasteiger partial charge in [0.05, 0.1) is 13.2 Å². The summed E-state index contributed by atoms with van der Waals surface area (Å²) < 4.78 is 5.43. The summed E-state index contributed by atoms with van der Waals surface area (Å²) in [5.41, 5.74) is 1.49. The largest absolute Gasteiger partial charge is 0.496 e. The Kier molecular flexibility index (Phi) is 4.67. The minimum Gasteiger partial charge on any atom is -0.496 e. The zero-order valence-corrected chi connectivity index (χ0v) is 13.7. The van der Waals surface area contributed by atoms with E-state index < -0.39 is 17.8 Å². The normalized spacial score (nSPS) is 13.0. The van der Waals surface area contributed by atoms with Crippen LogP contribution in [0.5, 0.6) is 5.75 Å². The molecule has 0 heterocycles. The van der Waals surface area contributed by atoms with Crippen LogP contribution in [0, 0.1) is 17.2 Å². The van der Waals surface area contributed by atoms with Gasteiger partial charge in [-0.2, -0.15) is 5.26 Å². The van der Waals surface area contributed by atoms with Crippen molar-refractivity contribution >= 4 is 16.7 Å². The summed E-state index contributed by atoms with van der Waals surface area (Å²) >= 11 is 0. The minimum absolute atomic E-state index is 0.571. The summed E-state index contributed by atoms with van der Waals surface area (Å²) in [6, 6.07) is 22.7. The van der Waals surface area contributed by atoms with Gasteiger partial charge in [-0.3, -0.25) is 4.79 Å². The number of ether oxygens (including phenoxy) is 1. The van der Waals surface area contributed by atoms with Crippen molar-refractivity contribution in [2.45, 2.75) is 5.92 Å². The van der Waals surface area contributed by atoms with E-state index in [1.165, 1.54) is 0 Å². The van der Waals surface area contributed by atoms with Gasteiger partial charge in [0, 0.05) is 11.5 Å². The van der Waals surface area contributed by atoms with E-state index in [-0.39, 0.29) is 0 Å². The van der Waals surface area contributed by atoms with Crippen LogP contribution in [0.25, 0.3) is 10.8 Å². The molecule has 0 aromatic heterocycles. The SMILES string of the molecule is COc1ccccc1[C@H](c1cccc2ccccc12)[C@@H](C#N)C(=O)O. The number of fused-ring (bicyclic) bond motifs is 1. The maximum atomic E-state index is 11.8. The van der Waals surface area contributed by atoms with Crippen LogP contribution in [0.1, 0.15) is 17.0 Å². The highest BCUT2D eigenvalue weighted by Crippen LogP contribution is 2.40. The Morgan fingerprint density at radius 2 is 1.64 bits per heavy atom. The van der Waals surface area contributed by atoms with Gasteiger partial charge in [0.15, 0.2) is 5.92 Å². The number of hydrogen-bond donors (Lipinski definition) is 1. The molecule has 0 aliphatic carbocycles. The summed E-state index contributed by atoms with van der Waals surface area (Å²) in [6.07, 6.45) is 0. The van der Waals surface area contributed by atoms with Gasteiger partial charge in [-0.1, -0.05) is 60.7 Å². The van der Waals surface area contributed by atoms with Gasteiger partial charge in [-0.15, -0.1) is 0 Å². The summed E-state index contributed by atoms with van der Waals surface area (Å²) in [7, 11) is 1.54. The molecule has 0 amide bonds. The minimum atomic E-state index is -1.22. The molecule has 0 saturated carbocycles. The van der Waals surface area contributed by atoms with Crippen molar-refractivity contribution in [3.05, 3.63) is 77.9 Å². The fraction of sp³-hybridized carbons (Fsp3) is 0.143. The first-order valence-electron chi connectivity index (χ1n) is 7.90. The number of methoxy groups -OCH3 is 1. The molecule has 0 radical (unpaired) electrons. The van der Waals surface area contributed by atoms with E-state index in [2.05, 4.69) is 0 Å². The van der Waals surface area contributed by atoms with Gasteiger partial charge in [0.25, 0.3) is 0 Å². The van der Waals surface area contributed by atoms with Crippen molar-refractivity contribution in [3.8, 4) is 11.8 Å². The lowest BCUT2D eigenvalue weighted by Crippen LogP contribution is -2.22. The van der Waals surface area contributed by atoms with E-state index in [0.717, 1.165) is 16.3 Å². The van der Waals surface area contributed by atoms with Crippen molar-refractivity contribution in [2.24, 2.45) is 5.92 Å². The predicted octanol–water partition coefficient (Wildman–Crippen LogP) is 4.20. The van der Waals surface area contributed by atoms with Crippen molar-refractivity contribution in [3.63, 3.8) is 0 Å². The number of carboxylic acids is 1. The molecule has 0 aliphatic rings. The van der Waals surface area contributed by atoms with Gasteiger partial charge in [0.1, 0.15) is 5.75 Å². The monoisotopic (exact) mass is 331 g/mol. The molecule has 0 spiro atoms. The number of hydrogen-bond acceptors (Lipinski definition) is 3. The van der Waals surface area contributed by atoms with E-state index in [1.54, 1.807) is 13.2 Å². The van der Waals surface area contributed by atoms with Crippen LogP contribution < -0.4 is 4.74 Å². The van der Waals surface area contributed by atoms with Crippen LogP contribution in [-0.4, -0.2) is 18.2 Å². The predicted molar refractivity (Wildman–Crippen MR) is 95.5 cm³/mol. The van der Waals surface area contributed by atoms with Crippen LogP contribution >= 0.6 is 0 Å². The zero-order valence-electron chi connectivity index (χ0n) is 13.7. The standard InChI is InChI=1S/C21H17NO3/c1-25-19-12-5-4-10-17(19)20(18(13-22)21(23)24)16-11-6-8-14-7-2-3-9-15(14)16/h2-12,18,20H,1H3,(H,23,24)/t18-,20+/m1/s1. The van der Waals surface area contributed by atoms with E-state index in [0.29, 0.717) is 11.3 Å². The molecule has 2 atom stereocenters. The number of rotatable bonds is 5. The Morgan fingerprint density at radius 3 is 2.36 bits per heavy atom. The first-order valence-corrected chi connectivity index (χ1v) is 7.90. The Bertz CT molecular complexity index is 953. The fourth-order valence-corrected chi connectivity index (χ4v) is 3.24. The first-order chi connectivity index (χ1) is 12.2. The average Bonchev–Trinajstić information content (AvgIpc) is 2.65. The third-order valence-corrected chi connectivity index (χ3v) is 4.37. The number of benzene rings is 3. The van der Waals surface area contributed by atoms with Crippen LogP contribution in [0.4, 0.5) is 0 Å². The summed E-state index contributed by atoms with van der Waals surface area (Å²) in [5, 5.41) is 21.1. The topological polar surface area (TPSA) is 70.3 Å². The highest BCUT2D eigenvalue weighted by molar-refractivity contribution is 5.88. The maximum Gasteiger partial charge on any atom is 0.321 e. The lowest BCUT2D eigenvalue weighted by molar-refractivity contribution is -0.140. The molecule has 0 unspecified atom stereocenters. The molecule has 3 aromatic rings. The van der Waals surface area contributed by atoms with E-state index >= 15 is 0 Å².